The summed E-state index contributed by atoms with van der Waals surface area (Å²) in [4.78, 5) is 33.1. The summed E-state index contributed by atoms with van der Waals surface area (Å²) >= 11 is 7.62. The van der Waals surface area contributed by atoms with Crippen LogP contribution in [0.5, 0.6) is 0 Å². The molecule has 1 aromatic carbocycles. The third kappa shape index (κ3) is 5.85. The number of hydrogen-bond acceptors (Lipinski definition) is 5. The van der Waals surface area contributed by atoms with E-state index in [4.69, 9.17) is 11.6 Å². The molecule has 3 rings (SSSR count). The maximum Gasteiger partial charge on any atom is 0.253 e. The van der Waals surface area contributed by atoms with Crippen molar-refractivity contribution in [2.75, 3.05) is 6.54 Å². The third-order valence-corrected chi connectivity index (χ3v) is 5.49. The quantitative estimate of drug-likeness (QED) is 0.535. The van der Waals surface area contributed by atoms with Crippen molar-refractivity contribution in [1.82, 2.24) is 20.6 Å². The van der Waals surface area contributed by atoms with E-state index in [2.05, 4.69) is 20.6 Å². The van der Waals surface area contributed by atoms with Crippen LogP contribution < -0.4 is 10.6 Å². The van der Waals surface area contributed by atoms with Crippen molar-refractivity contribution in [2.45, 2.75) is 25.8 Å². The number of carbonyl (C=O) groups is 2. The van der Waals surface area contributed by atoms with Crippen LogP contribution in [-0.4, -0.2) is 34.4 Å². The highest BCUT2D eigenvalue weighted by Gasteiger charge is 2.17. The second-order valence-electron chi connectivity index (χ2n) is 6.43. The molecule has 0 saturated carbocycles. The highest BCUT2D eigenvalue weighted by Crippen LogP contribution is 2.21. The number of nitrogens with zero attached hydrogens (tertiary/aromatic N) is 2. The zero-order valence-electron chi connectivity index (χ0n) is 15.9. The standard InChI is InChI=1S/C21H21ClN4O2S/c1-14(25-21(28)16-5-2-3-6-17(16)22)20(27)24-10-4-7-19-26-18(13-29-19)15-8-11-23-12-9-15/h2-3,5-6,8-9,11-14H,4,7,10H2,1H3,(H,24,27)(H,25,28). The van der Waals surface area contributed by atoms with E-state index in [1.165, 1.54) is 0 Å². The van der Waals surface area contributed by atoms with Crippen LogP contribution in [-0.2, 0) is 11.2 Å². The minimum atomic E-state index is -0.656. The fourth-order valence-corrected chi connectivity index (χ4v) is 3.74. The van der Waals surface area contributed by atoms with Crippen LogP contribution in [0.25, 0.3) is 11.3 Å². The number of halogens is 1. The first-order valence-electron chi connectivity index (χ1n) is 9.22. The molecule has 0 radical (unpaired) electrons. The van der Waals surface area contributed by atoms with Gasteiger partial charge in [-0.25, -0.2) is 4.98 Å². The van der Waals surface area contributed by atoms with Gasteiger partial charge in [-0.05, 0) is 37.6 Å². The number of rotatable bonds is 8. The first-order chi connectivity index (χ1) is 14.0. The van der Waals surface area contributed by atoms with E-state index in [0.717, 1.165) is 29.1 Å². The van der Waals surface area contributed by atoms with Crippen LogP contribution in [0.2, 0.25) is 5.02 Å². The zero-order chi connectivity index (χ0) is 20.6. The van der Waals surface area contributed by atoms with Gasteiger partial charge in [0.05, 0.1) is 21.3 Å². The normalized spacial score (nSPS) is 11.7. The summed E-state index contributed by atoms with van der Waals surface area (Å²) in [5.41, 5.74) is 2.33. The maximum atomic E-state index is 12.2. The molecule has 0 fully saturated rings. The summed E-state index contributed by atoms with van der Waals surface area (Å²) < 4.78 is 0. The maximum absolute atomic E-state index is 12.2. The van der Waals surface area contributed by atoms with Gasteiger partial charge in [0, 0.05) is 36.3 Å². The van der Waals surface area contributed by atoms with E-state index in [1.54, 1.807) is 54.9 Å². The molecule has 0 saturated heterocycles. The minimum absolute atomic E-state index is 0.234. The van der Waals surface area contributed by atoms with E-state index in [-0.39, 0.29) is 11.8 Å². The topological polar surface area (TPSA) is 84.0 Å². The largest absolute Gasteiger partial charge is 0.354 e. The molecule has 29 heavy (non-hydrogen) atoms. The Kier molecular flexibility index (Phi) is 7.32. The molecular weight excluding hydrogens is 408 g/mol. The molecule has 2 N–H and O–H groups in total. The number of benzene rings is 1. The lowest BCUT2D eigenvalue weighted by molar-refractivity contribution is -0.122. The van der Waals surface area contributed by atoms with E-state index in [1.807, 2.05) is 17.5 Å². The highest BCUT2D eigenvalue weighted by atomic mass is 35.5. The first-order valence-corrected chi connectivity index (χ1v) is 10.5. The summed E-state index contributed by atoms with van der Waals surface area (Å²) in [5, 5.41) is 8.91. The Balaban J connectivity index is 1.41. The first kappa shape index (κ1) is 21.0. The predicted molar refractivity (Wildman–Crippen MR) is 115 cm³/mol. The van der Waals surface area contributed by atoms with Crippen molar-refractivity contribution in [1.29, 1.82) is 0 Å². The van der Waals surface area contributed by atoms with Gasteiger partial charge in [0.2, 0.25) is 5.91 Å². The van der Waals surface area contributed by atoms with E-state index in [9.17, 15) is 9.59 Å². The molecule has 0 spiro atoms. The van der Waals surface area contributed by atoms with Gasteiger partial charge in [0.25, 0.3) is 5.91 Å². The van der Waals surface area contributed by atoms with Crippen molar-refractivity contribution < 1.29 is 9.59 Å². The smallest absolute Gasteiger partial charge is 0.253 e. The molecule has 0 aliphatic heterocycles. The minimum Gasteiger partial charge on any atom is -0.354 e. The van der Waals surface area contributed by atoms with Gasteiger partial charge < -0.3 is 10.6 Å². The van der Waals surface area contributed by atoms with E-state index >= 15 is 0 Å². The van der Waals surface area contributed by atoms with Crippen molar-refractivity contribution in [3.05, 3.63) is 69.8 Å². The number of carbonyl (C=O) groups excluding carboxylic acids is 2. The lowest BCUT2D eigenvalue weighted by Crippen LogP contribution is -2.45. The van der Waals surface area contributed by atoms with Crippen LogP contribution in [0.3, 0.4) is 0 Å². The molecule has 0 aliphatic rings. The molecule has 6 nitrogen and oxygen atoms in total. The highest BCUT2D eigenvalue weighted by molar-refractivity contribution is 7.09. The molecule has 0 aliphatic carbocycles. The van der Waals surface area contributed by atoms with Crippen molar-refractivity contribution in [3.63, 3.8) is 0 Å². The zero-order valence-corrected chi connectivity index (χ0v) is 17.5. The molecule has 2 amide bonds. The average molecular weight is 429 g/mol. The third-order valence-electron chi connectivity index (χ3n) is 4.25. The van der Waals surface area contributed by atoms with Gasteiger partial charge in [0.1, 0.15) is 6.04 Å². The summed E-state index contributed by atoms with van der Waals surface area (Å²) in [5.74, 6) is -0.605. The fourth-order valence-electron chi connectivity index (χ4n) is 2.67. The van der Waals surface area contributed by atoms with Crippen LogP contribution in [0.1, 0.15) is 28.7 Å². The Morgan fingerprint density at radius 1 is 1.17 bits per heavy atom. The van der Waals surface area contributed by atoms with Crippen molar-refractivity contribution in [2.24, 2.45) is 0 Å². The Bertz CT molecular complexity index is 978. The number of amides is 2. The van der Waals surface area contributed by atoms with Gasteiger partial charge in [-0.1, -0.05) is 23.7 Å². The van der Waals surface area contributed by atoms with E-state index < -0.39 is 6.04 Å². The Morgan fingerprint density at radius 3 is 2.69 bits per heavy atom. The van der Waals surface area contributed by atoms with Gasteiger partial charge >= 0.3 is 0 Å². The summed E-state index contributed by atoms with van der Waals surface area (Å²) in [6.07, 6.45) is 5.03. The predicted octanol–water partition coefficient (Wildman–Crippen LogP) is 3.73. The lowest BCUT2D eigenvalue weighted by Gasteiger charge is -2.14. The molecule has 8 heteroatoms. The number of aryl methyl sites for hydroxylation is 1. The van der Waals surface area contributed by atoms with Crippen LogP contribution in [0.4, 0.5) is 0 Å². The van der Waals surface area contributed by atoms with E-state index in [0.29, 0.717) is 17.1 Å². The lowest BCUT2D eigenvalue weighted by atomic mass is 10.2. The molecule has 1 unspecified atom stereocenters. The number of aromatic nitrogens is 2. The summed E-state index contributed by atoms with van der Waals surface area (Å²) in [7, 11) is 0. The monoisotopic (exact) mass is 428 g/mol. The van der Waals surface area contributed by atoms with Crippen LogP contribution in [0, 0.1) is 0 Å². The number of thiazole rings is 1. The van der Waals surface area contributed by atoms with Crippen LogP contribution in [0.15, 0.2) is 54.2 Å². The summed E-state index contributed by atoms with van der Waals surface area (Å²) in [6.45, 7) is 2.15. The average Bonchev–Trinajstić information content (AvgIpc) is 3.21. The molecule has 2 aromatic heterocycles. The number of hydrogen-bond donors (Lipinski definition) is 2. The molecule has 1 atom stereocenters. The SMILES string of the molecule is CC(NC(=O)c1ccccc1Cl)C(=O)NCCCc1nc(-c2ccncc2)cs1. The van der Waals surface area contributed by atoms with Gasteiger partial charge in [-0.3, -0.25) is 14.6 Å². The number of nitrogens with one attached hydrogen (secondary N) is 2. The molecule has 0 bridgehead atoms. The Labute approximate surface area is 178 Å². The number of pyridine rings is 1. The molecule has 3 aromatic rings. The van der Waals surface area contributed by atoms with Gasteiger partial charge in [-0.15, -0.1) is 11.3 Å². The van der Waals surface area contributed by atoms with Gasteiger partial charge in [0.15, 0.2) is 0 Å². The Hall–Kier alpha value is -2.77. The Morgan fingerprint density at radius 2 is 1.93 bits per heavy atom. The molecule has 150 valence electrons. The molecular formula is C21H21ClN4O2S. The molecule has 2 heterocycles. The second-order valence-corrected chi connectivity index (χ2v) is 7.78. The van der Waals surface area contributed by atoms with Gasteiger partial charge in [-0.2, -0.15) is 0 Å². The van der Waals surface area contributed by atoms with Crippen LogP contribution >= 0.6 is 22.9 Å². The summed E-state index contributed by atoms with van der Waals surface area (Å²) in [6, 6.07) is 9.93. The van der Waals surface area contributed by atoms with Crippen molar-refractivity contribution in [3.8, 4) is 11.3 Å². The van der Waals surface area contributed by atoms with Crippen molar-refractivity contribution >= 4 is 34.8 Å². The second kappa shape index (κ2) is 10.1. The fraction of sp³-hybridized carbons (Fsp3) is 0.238.